The summed E-state index contributed by atoms with van der Waals surface area (Å²) in [6, 6.07) is 9.14. The highest BCUT2D eigenvalue weighted by molar-refractivity contribution is 6.35. The van der Waals surface area contributed by atoms with E-state index in [1.54, 1.807) is 0 Å². The number of amides is 4. The third-order valence-corrected chi connectivity index (χ3v) is 12.7. The average Bonchev–Trinajstić information content (AvgIpc) is 3.81. The first-order chi connectivity index (χ1) is 32.5. The number of imide groups is 2. The third kappa shape index (κ3) is 6.71. The van der Waals surface area contributed by atoms with Gasteiger partial charge in [-0.05, 0) is 95.4 Å². The topological polar surface area (TPSA) is 118 Å². The second-order valence-corrected chi connectivity index (χ2v) is 16.1. The molecule has 0 fully saturated rings. The van der Waals surface area contributed by atoms with Crippen molar-refractivity contribution >= 4 is 46.9 Å². The van der Waals surface area contributed by atoms with E-state index in [0.29, 0.717) is 84.9 Å². The van der Waals surface area contributed by atoms with Gasteiger partial charge in [0.25, 0.3) is 42.9 Å². The maximum absolute atomic E-state index is 15.2. The lowest BCUT2D eigenvalue weighted by Gasteiger charge is -2.36. The Morgan fingerprint density at radius 1 is 0.386 bits per heavy atom. The summed E-state index contributed by atoms with van der Waals surface area (Å²) < 4.78 is 223. The molecule has 364 valence electrons. The zero-order chi connectivity index (χ0) is 51.6. The van der Waals surface area contributed by atoms with E-state index < -0.39 is 162 Å². The molecule has 3 aliphatic rings. The fourth-order valence-corrected chi connectivity index (χ4v) is 8.73. The quantitative estimate of drug-likeness (QED) is 0.0592. The van der Waals surface area contributed by atoms with E-state index in [4.69, 9.17) is 0 Å². The Bertz CT molecular complexity index is 3050. The van der Waals surface area contributed by atoms with Gasteiger partial charge < -0.3 is 4.74 Å². The second-order valence-electron chi connectivity index (χ2n) is 16.1. The minimum absolute atomic E-state index is 0.183. The number of rotatable bonds is 10. The summed E-state index contributed by atoms with van der Waals surface area (Å²) in [5.41, 5.74) is -23.5. The fourth-order valence-electron chi connectivity index (χ4n) is 8.73. The van der Waals surface area contributed by atoms with Crippen LogP contribution in [0, 0.1) is 0 Å². The predicted octanol–water partition coefficient (Wildman–Crippen LogP) is 10.9. The van der Waals surface area contributed by atoms with Gasteiger partial charge in [-0.15, -0.1) is 0 Å². The second kappa shape index (κ2) is 16.0. The molecule has 0 saturated carbocycles. The third-order valence-electron chi connectivity index (χ3n) is 12.7. The molecule has 0 N–H and O–H groups in total. The Morgan fingerprint density at radius 3 is 1.09 bits per heavy atom. The lowest BCUT2D eigenvalue weighted by molar-refractivity contribution is -0.297. The van der Waals surface area contributed by atoms with Crippen LogP contribution in [0.1, 0.15) is 96.9 Å². The summed E-state index contributed by atoms with van der Waals surface area (Å²) in [4.78, 5) is 78.5. The lowest BCUT2D eigenvalue weighted by atomic mass is 9.73. The van der Waals surface area contributed by atoms with Gasteiger partial charge in [-0.2, -0.15) is 39.5 Å². The minimum atomic E-state index is -5.96. The van der Waals surface area contributed by atoms with Crippen LogP contribution in [0.25, 0.3) is 0 Å². The fraction of sp³-hybridized carbons (Fsp3) is 0.217. The van der Waals surface area contributed by atoms with Gasteiger partial charge in [0.15, 0.2) is 10.8 Å². The number of benzene rings is 5. The van der Waals surface area contributed by atoms with Crippen LogP contribution >= 0.6 is 0 Å². The Hall–Kier alpha value is -7.53. The highest BCUT2D eigenvalue weighted by Crippen LogP contribution is 2.54. The van der Waals surface area contributed by atoms with Crippen LogP contribution < -0.4 is 9.80 Å². The first-order valence-corrected chi connectivity index (χ1v) is 19.7. The Balaban J connectivity index is 1.11. The van der Waals surface area contributed by atoms with E-state index in [2.05, 4.69) is 4.74 Å². The number of anilines is 2. The monoisotopic (exact) mass is 1000 g/mol. The molecule has 0 aromatic heterocycles. The van der Waals surface area contributed by atoms with Gasteiger partial charge in [-0.3, -0.25) is 19.2 Å². The summed E-state index contributed by atoms with van der Waals surface area (Å²) in [6.07, 6.45) is -30.2. The number of ether oxygens (including phenoxy) is 1. The molecular weight excluding hydrogens is 977 g/mol. The van der Waals surface area contributed by atoms with E-state index in [1.165, 1.54) is 0 Å². The molecule has 0 bridgehead atoms. The summed E-state index contributed by atoms with van der Waals surface area (Å²) >= 11 is 0. The summed E-state index contributed by atoms with van der Waals surface area (Å²) in [5.74, 6) is -8.01. The van der Waals surface area contributed by atoms with Crippen LogP contribution in [0.2, 0.25) is 0 Å². The highest BCUT2D eigenvalue weighted by Gasteiger charge is 2.69. The highest BCUT2D eigenvalue weighted by atomic mass is 19.4. The number of hydrogen-bond donors (Lipinski definition) is 0. The largest absolute Gasteiger partial charge is 0.407 e. The van der Waals surface area contributed by atoms with E-state index in [-0.39, 0.29) is 22.8 Å². The van der Waals surface area contributed by atoms with Gasteiger partial charge in [-0.25, -0.2) is 45.7 Å². The lowest BCUT2D eigenvalue weighted by Crippen LogP contribution is -2.51. The maximum atomic E-state index is 15.2. The van der Waals surface area contributed by atoms with Gasteiger partial charge in [0.2, 0.25) is 0 Å². The number of fused-ring (bicyclic) bond motifs is 3. The van der Waals surface area contributed by atoms with Gasteiger partial charge in [0, 0.05) is 0 Å². The van der Waals surface area contributed by atoms with E-state index in [0.717, 1.165) is 12.1 Å². The van der Waals surface area contributed by atoms with Crippen LogP contribution in [0.5, 0.6) is 0 Å². The van der Waals surface area contributed by atoms with Gasteiger partial charge in [0.1, 0.15) is 5.41 Å². The van der Waals surface area contributed by atoms with Crippen molar-refractivity contribution in [2.45, 2.75) is 61.0 Å². The van der Waals surface area contributed by atoms with Crippen molar-refractivity contribution < 1.29 is 99.4 Å². The number of hydrogen-bond acceptors (Lipinski definition) is 7. The molecule has 0 aliphatic carbocycles. The average molecular weight is 1000 g/mol. The van der Waals surface area contributed by atoms with Crippen molar-refractivity contribution in [1.82, 2.24) is 0 Å². The number of cyclic esters (lactones) is 2. The normalized spacial score (nSPS) is 16.4. The molecule has 4 amide bonds. The molecule has 5 aromatic rings. The molecular formula is C46H23F15N2O7. The first kappa shape index (κ1) is 48.9. The van der Waals surface area contributed by atoms with Gasteiger partial charge in [0.05, 0.1) is 44.8 Å². The molecule has 0 radical (unpaired) electrons. The molecule has 9 nitrogen and oxygen atoms in total. The molecule has 1 unspecified atom stereocenters. The maximum Gasteiger partial charge on any atom is 0.407 e. The number of alkyl halides is 15. The number of halogens is 15. The standard InChI is InChI=1S/C46H23F15N2O7/c1-41(44(53,54)55,45(56,57)58)21-6-13-26-29(16-21)34(66)62(32(26)64)24-9-2-19(3-10-24)43(40(51)52,46(59,60)61)20-4-11-25(12-5-20)63-33(65)27-14-7-22(17-30(27)35(63)67)42(38(47)48,39(49)50)23-8-15-28-31(18-23)37(69)70-36(28)68/h2-18,38-40H,1H3. The number of nitrogens with zero attached hydrogens (tertiary/aromatic N) is 2. The Labute approximate surface area is 381 Å². The van der Waals surface area contributed by atoms with Crippen molar-refractivity contribution in [3.8, 4) is 0 Å². The summed E-state index contributed by atoms with van der Waals surface area (Å²) in [6.45, 7) is -0.202. The van der Waals surface area contributed by atoms with Crippen LogP contribution in [0.15, 0.2) is 103 Å². The van der Waals surface area contributed by atoms with Crippen LogP contribution in [-0.2, 0) is 21.0 Å². The summed E-state index contributed by atoms with van der Waals surface area (Å²) in [7, 11) is 0. The molecule has 8 rings (SSSR count). The Morgan fingerprint density at radius 2 is 0.714 bits per heavy atom. The van der Waals surface area contributed by atoms with E-state index in [9.17, 15) is 72.7 Å². The first-order valence-electron chi connectivity index (χ1n) is 19.7. The number of carbonyl (C=O) groups excluding carboxylic acids is 6. The zero-order valence-electron chi connectivity index (χ0n) is 34.5. The van der Waals surface area contributed by atoms with Gasteiger partial charge >= 0.3 is 30.5 Å². The van der Waals surface area contributed by atoms with Crippen molar-refractivity contribution in [2.24, 2.45) is 0 Å². The van der Waals surface area contributed by atoms with E-state index >= 15 is 22.0 Å². The van der Waals surface area contributed by atoms with Crippen molar-refractivity contribution in [3.63, 3.8) is 0 Å². The summed E-state index contributed by atoms with van der Waals surface area (Å²) in [5, 5.41) is 0. The molecule has 1 atom stereocenters. The van der Waals surface area contributed by atoms with Crippen LogP contribution in [-0.4, -0.2) is 73.4 Å². The van der Waals surface area contributed by atoms with Gasteiger partial charge in [-0.1, -0.05) is 42.5 Å². The molecule has 0 saturated heterocycles. The van der Waals surface area contributed by atoms with E-state index in [1.807, 2.05) is 0 Å². The van der Waals surface area contributed by atoms with Crippen molar-refractivity contribution in [1.29, 1.82) is 0 Å². The molecule has 24 heteroatoms. The van der Waals surface area contributed by atoms with Crippen molar-refractivity contribution in [3.05, 3.63) is 164 Å². The Kier molecular flexibility index (Phi) is 11.2. The van der Waals surface area contributed by atoms with Crippen LogP contribution in [0.4, 0.5) is 77.2 Å². The molecule has 5 aromatic carbocycles. The molecule has 3 aliphatic heterocycles. The molecule has 3 heterocycles. The predicted molar refractivity (Wildman–Crippen MR) is 209 cm³/mol. The molecule has 70 heavy (non-hydrogen) atoms. The zero-order valence-corrected chi connectivity index (χ0v) is 34.5. The SMILES string of the molecule is CC(c1ccc2c(c1)C(=O)N(c1ccc(C(c3ccc(N4C(=O)c5ccc(C(c6ccc7c(c6)C(=O)OC7=O)(C(F)F)C(F)F)cc5C4=O)cc3)(C(F)F)C(F)(F)F)cc1)C2=O)(C(F)(F)F)C(F)(F)F. The number of esters is 2. The number of carbonyl (C=O) groups is 6. The smallest absolute Gasteiger partial charge is 0.386 e. The minimum Gasteiger partial charge on any atom is -0.386 e. The molecule has 0 spiro atoms. The van der Waals surface area contributed by atoms with Crippen molar-refractivity contribution in [2.75, 3.05) is 9.80 Å². The van der Waals surface area contributed by atoms with Crippen LogP contribution in [0.3, 0.4) is 0 Å².